The van der Waals surface area contributed by atoms with Gasteiger partial charge in [0.15, 0.2) is 11.4 Å². The van der Waals surface area contributed by atoms with Gasteiger partial charge >= 0.3 is 0 Å². The van der Waals surface area contributed by atoms with E-state index in [4.69, 9.17) is 5.73 Å². The number of aliphatic hydroxyl groups excluding tert-OH is 2. The van der Waals surface area contributed by atoms with Crippen molar-refractivity contribution in [1.29, 1.82) is 0 Å². The minimum Gasteiger partial charge on any atom is -0.508 e. The highest BCUT2D eigenvalue weighted by Crippen LogP contribution is 2.52. The van der Waals surface area contributed by atoms with Gasteiger partial charge in [-0.1, -0.05) is 26.8 Å². The predicted molar refractivity (Wildman–Crippen MR) is 136 cm³/mol. The van der Waals surface area contributed by atoms with Gasteiger partial charge in [0.05, 0.1) is 11.6 Å². The van der Waals surface area contributed by atoms with Crippen LogP contribution in [0.2, 0.25) is 0 Å². The Bertz CT molecular complexity index is 1340. The summed E-state index contributed by atoms with van der Waals surface area (Å²) in [7, 11) is 3.09. The van der Waals surface area contributed by atoms with Crippen LogP contribution in [-0.4, -0.2) is 74.4 Å². The number of carbonyl (C=O) groups excluding carboxylic acids is 4. The molecule has 0 spiro atoms. The smallest absolute Gasteiger partial charge is 0.255 e. The third-order valence-corrected chi connectivity index (χ3v) is 7.82. The van der Waals surface area contributed by atoms with Gasteiger partial charge in [-0.25, -0.2) is 0 Å². The first-order valence-corrected chi connectivity index (χ1v) is 12.3. The lowest BCUT2D eigenvalue weighted by Crippen LogP contribution is -2.65. The molecule has 11 nitrogen and oxygen atoms in total. The molecule has 4 rings (SSSR count). The average molecular weight is 528 g/mol. The van der Waals surface area contributed by atoms with Gasteiger partial charge in [0.1, 0.15) is 22.8 Å². The maximum absolute atomic E-state index is 13.8. The first kappa shape index (κ1) is 27.3. The molecule has 0 radical (unpaired) electrons. The summed E-state index contributed by atoms with van der Waals surface area (Å²) in [5.74, 6) is -7.19. The van der Waals surface area contributed by atoms with Gasteiger partial charge in [-0.3, -0.25) is 24.1 Å². The number of hydrogen-bond acceptors (Lipinski definition) is 9. The Kier molecular flexibility index (Phi) is 6.44. The molecule has 4 atom stereocenters. The summed E-state index contributed by atoms with van der Waals surface area (Å²) >= 11 is 0. The van der Waals surface area contributed by atoms with Gasteiger partial charge in [0.2, 0.25) is 11.7 Å². The number of phenolic OH excluding ortho intramolecular Hbond substituents is 1. The van der Waals surface area contributed by atoms with Crippen molar-refractivity contribution < 1.29 is 39.6 Å². The van der Waals surface area contributed by atoms with Crippen LogP contribution in [0, 0.1) is 17.3 Å². The van der Waals surface area contributed by atoms with Crippen molar-refractivity contribution in [2.75, 3.05) is 14.1 Å². The van der Waals surface area contributed by atoms with Crippen LogP contribution in [0.25, 0.3) is 5.76 Å². The molecule has 1 aromatic rings. The van der Waals surface area contributed by atoms with E-state index >= 15 is 0 Å². The molecule has 0 heterocycles. The van der Waals surface area contributed by atoms with Crippen LogP contribution in [0.1, 0.15) is 43.9 Å². The minimum absolute atomic E-state index is 0.00475. The Morgan fingerprint density at radius 3 is 2.34 bits per heavy atom. The Balaban J connectivity index is 1.87. The number of benzene rings is 1. The molecule has 0 aromatic heterocycles. The summed E-state index contributed by atoms with van der Waals surface area (Å²) in [6.07, 6.45) is 0.152. The molecule has 0 unspecified atom stereocenters. The van der Waals surface area contributed by atoms with Crippen LogP contribution in [0.15, 0.2) is 29.0 Å². The van der Waals surface area contributed by atoms with Crippen LogP contribution in [-0.2, 0) is 32.1 Å². The number of phenols is 1. The zero-order chi connectivity index (χ0) is 28.5. The molecule has 1 aromatic carbocycles. The van der Waals surface area contributed by atoms with Gasteiger partial charge in [-0.05, 0) is 50.0 Å². The summed E-state index contributed by atoms with van der Waals surface area (Å²) in [4.78, 5) is 52.9. The molecule has 0 saturated heterocycles. The number of aromatic hydroxyl groups is 1. The maximum atomic E-state index is 13.8. The third-order valence-electron chi connectivity index (χ3n) is 7.82. The number of nitrogens with zero attached hydrogens (tertiary/aromatic N) is 1. The molecule has 7 N–H and O–H groups in total. The van der Waals surface area contributed by atoms with Crippen LogP contribution in [0.5, 0.6) is 5.75 Å². The molecule has 1 fully saturated rings. The van der Waals surface area contributed by atoms with E-state index < -0.39 is 63.5 Å². The lowest BCUT2D eigenvalue weighted by Gasteiger charge is -2.50. The number of likely N-dealkylation sites (N-methyl/N-ethyl adjacent to an activating group) is 1. The molecule has 0 bridgehead atoms. The zero-order valence-corrected chi connectivity index (χ0v) is 22.0. The monoisotopic (exact) mass is 527 g/mol. The number of amides is 2. The van der Waals surface area contributed by atoms with Gasteiger partial charge in [0.25, 0.3) is 5.91 Å². The maximum Gasteiger partial charge on any atom is 0.255 e. The Morgan fingerprint density at radius 2 is 1.79 bits per heavy atom. The first-order chi connectivity index (χ1) is 17.5. The van der Waals surface area contributed by atoms with Crippen molar-refractivity contribution in [3.63, 3.8) is 0 Å². The number of ketones is 2. The number of hydrogen-bond donors (Lipinski definition) is 6. The number of aliphatic hydroxyl groups is 3. The summed E-state index contributed by atoms with van der Waals surface area (Å²) in [6, 6.07) is 1.81. The fourth-order valence-electron chi connectivity index (χ4n) is 5.91. The second-order valence-corrected chi connectivity index (χ2v) is 11.5. The highest BCUT2D eigenvalue weighted by Gasteiger charge is 2.64. The van der Waals surface area contributed by atoms with E-state index in [1.54, 1.807) is 40.9 Å². The van der Waals surface area contributed by atoms with E-state index in [2.05, 4.69) is 5.32 Å². The van der Waals surface area contributed by atoms with E-state index in [0.29, 0.717) is 11.1 Å². The average Bonchev–Trinajstić information content (AvgIpc) is 2.79. The topological polar surface area (TPSA) is 190 Å². The van der Waals surface area contributed by atoms with Gasteiger partial charge in [-0.15, -0.1) is 0 Å². The lowest BCUT2D eigenvalue weighted by molar-refractivity contribution is -0.153. The predicted octanol–water partition coefficient (Wildman–Crippen LogP) is 0.626. The minimum atomic E-state index is -2.68. The van der Waals surface area contributed by atoms with Crippen LogP contribution in [0.4, 0.5) is 0 Å². The molecular formula is C27H33N3O8. The van der Waals surface area contributed by atoms with Gasteiger partial charge in [0, 0.05) is 23.5 Å². The number of carbonyl (C=O) groups is 4. The third kappa shape index (κ3) is 3.88. The molecule has 2 amide bonds. The number of primary amides is 1. The van der Waals surface area contributed by atoms with Crippen LogP contribution < -0.4 is 11.1 Å². The van der Waals surface area contributed by atoms with Crippen LogP contribution in [0.3, 0.4) is 0 Å². The van der Waals surface area contributed by atoms with Gasteiger partial charge < -0.3 is 31.5 Å². The van der Waals surface area contributed by atoms with Crippen molar-refractivity contribution in [2.24, 2.45) is 23.0 Å². The second kappa shape index (κ2) is 8.95. The standard InChI is InChI=1S/C27H33N3O8/c1-26(2,3)25(37)29-10-11-6-7-15(31)17-13(11)8-12-9-14-19(30(4)5)21(33)18(24(28)36)23(35)27(14,38)22(34)16(12)20(17)32/h6-7,12,14,19,31-32,35,38H,8-10H2,1-5H3,(H2,28,36)(H,29,37)/t12-,14-,19-,27-/m0/s1. The van der Waals surface area contributed by atoms with E-state index in [-0.39, 0.29) is 42.2 Å². The highest BCUT2D eigenvalue weighted by atomic mass is 16.3. The molecular weight excluding hydrogens is 494 g/mol. The summed E-state index contributed by atoms with van der Waals surface area (Å²) < 4.78 is 0. The van der Waals surface area contributed by atoms with E-state index in [9.17, 15) is 39.6 Å². The van der Waals surface area contributed by atoms with Crippen molar-refractivity contribution in [1.82, 2.24) is 10.2 Å². The molecule has 3 aliphatic rings. The van der Waals surface area contributed by atoms with Crippen molar-refractivity contribution in [3.8, 4) is 5.75 Å². The van der Waals surface area contributed by atoms with Crippen LogP contribution >= 0.6 is 0 Å². The van der Waals surface area contributed by atoms with E-state index in [1.165, 1.54) is 11.0 Å². The quantitative estimate of drug-likeness (QED) is 0.305. The summed E-state index contributed by atoms with van der Waals surface area (Å²) in [5, 5.41) is 47.2. The zero-order valence-electron chi connectivity index (χ0n) is 22.0. The van der Waals surface area contributed by atoms with E-state index in [0.717, 1.165) is 0 Å². The number of nitrogens with one attached hydrogen (secondary N) is 1. The summed E-state index contributed by atoms with van der Waals surface area (Å²) in [5.41, 5.74) is 2.06. The fraction of sp³-hybridized carbons (Fsp3) is 0.481. The molecule has 11 heteroatoms. The Hall–Kier alpha value is -3.70. The fourth-order valence-corrected chi connectivity index (χ4v) is 5.91. The van der Waals surface area contributed by atoms with Crippen molar-refractivity contribution in [3.05, 3.63) is 45.7 Å². The number of Topliss-reactive ketones (excluding diaryl/α,β-unsaturated/α-hetero) is 2. The van der Waals surface area contributed by atoms with Crippen molar-refractivity contribution in [2.45, 2.75) is 51.8 Å². The van der Waals surface area contributed by atoms with Crippen molar-refractivity contribution >= 4 is 29.1 Å². The SMILES string of the molecule is CN(C)[C@@H]1C(=O)C(C(N)=O)=C(O)[C@@]2(O)C(=O)C3=C(O)c4c(O)ccc(CNC(=O)C(C)(C)C)c4C[C@H]3C[C@@H]12. The summed E-state index contributed by atoms with van der Waals surface area (Å²) in [6.45, 7) is 5.42. The number of nitrogens with two attached hydrogens (primary N) is 1. The largest absolute Gasteiger partial charge is 0.508 e. The molecule has 3 aliphatic carbocycles. The Labute approximate surface area is 219 Å². The highest BCUT2D eigenvalue weighted by molar-refractivity contribution is 6.24. The number of rotatable bonds is 4. The van der Waals surface area contributed by atoms with Gasteiger partial charge in [-0.2, -0.15) is 0 Å². The Morgan fingerprint density at radius 1 is 1.16 bits per heavy atom. The molecule has 204 valence electrons. The second-order valence-electron chi connectivity index (χ2n) is 11.5. The first-order valence-electron chi connectivity index (χ1n) is 12.3. The van der Waals surface area contributed by atoms with E-state index in [1.807, 2.05) is 0 Å². The normalized spacial score (nSPS) is 27.2. The molecule has 0 aliphatic heterocycles. The molecule has 38 heavy (non-hydrogen) atoms. The molecule has 1 saturated carbocycles. The number of fused-ring (bicyclic) bond motifs is 3. The lowest BCUT2D eigenvalue weighted by atomic mass is 9.57.